The first-order chi connectivity index (χ1) is 27.6. The highest BCUT2D eigenvalue weighted by molar-refractivity contribution is 7.00. The summed E-state index contributed by atoms with van der Waals surface area (Å²) >= 11 is 0. The molecule has 4 aliphatic rings. The molecular formula is C54H56BN3. The molecule has 0 radical (unpaired) electrons. The van der Waals surface area contributed by atoms with Gasteiger partial charge in [0.1, 0.15) is 0 Å². The van der Waals surface area contributed by atoms with Crippen molar-refractivity contribution in [2.45, 2.75) is 117 Å². The van der Waals surface area contributed by atoms with Gasteiger partial charge in [-0.25, -0.2) is 0 Å². The van der Waals surface area contributed by atoms with Crippen molar-refractivity contribution in [3.05, 3.63) is 137 Å². The van der Waals surface area contributed by atoms with Crippen LogP contribution in [0.1, 0.15) is 109 Å². The molecule has 0 bridgehead atoms. The summed E-state index contributed by atoms with van der Waals surface area (Å²) in [6.45, 7) is 23.9. The molecule has 3 aliphatic heterocycles. The van der Waals surface area contributed by atoms with E-state index in [0.717, 1.165) is 0 Å². The second kappa shape index (κ2) is 11.7. The third kappa shape index (κ3) is 4.69. The predicted molar refractivity (Wildman–Crippen MR) is 250 cm³/mol. The summed E-state index contributed by atoms with van der Waals surface area (Å²) in [7, 11) is 0. The number of aryl methyl sites for hydroxylation is 2. The van der Waals surface area contributed by atoms with Crippen LogP contribution in [0.3, 0.4) is 0 Å². The summed E-state index contributed by atoms with van der Waals surface area (Å²) in [5.74, 6) is 0. The smallest absolute Gasteiger partial charge is 0.252 e. The normalized spacial score (nSPS) is 20.4. The fraction of sp³-hybridized carbons (Fsp3) is 0.333. The molecule has 58 heavy (non-hydrogen) atoms. The lowest BCUT2D eigenvalue weighted by Crippen LogP contribution is -2.64. The van der Waals surface area contributed by atoms with Gasteiger partial charge in [-0.05, 0) is 132 Å². The first-order valence-electron chi connectivity index (χ1n) is 21.8. The zero-order valence-electron chi connectivity index (χ0n) is 36.1. The largest absolute Gasteiger partial charge is 0.335 e. The highest BCUT2D eigenvalue weighted by atomic mass is 15.3. The van der Waals surface area contributed by atoms with Gasteiger partial charge in [-0.2, -0.15) is 0 Å². The number of fused-ring (bicyclic) bond motifs is 10. The standard InChI is InChI=1S/C54H56BN3/c1-33-16-21-37(22-17-33)56(38-23-18-34(2)19-24-38)39-31-46-48-47(32-39)58-50-42(53(9)26-11-12-27-54(53,58)10)14-13-15-43(50)55(48)44-30-36(52(6,7)8)29-41-40-28-35(51(3,4)5)20-25-45(40)57(46)49(41)44/h13-25,28-32H,11-12,26-27H2,1-10H3. The molecule has 1 fully saturated rings. The fourth-order valence-corrected chi connectivity index (χ4v) is 11.7. The Balaban J connectivity index is 1.32. The van der Waals surface area contributed by atoms with Crippen LogP contribution >= 0.6 is 0 Å². The molecule has 11 rings (SSSR count). The molecule has 3 nitrogen and oxygen atoms in total. The Morgan fingerprint density at radius 3 is 1.88 bits per heavy atom. The molecule has 0 amide bonds. The van der Waals surface area contributed by atoms with Crippen molar-refractivity contribution >= 4 is 73.3 Å². The summed E-state index contributed by atoms with van der Waals surface area (Å²) in [5.41, 5.74) is 21.6. The van der Waals surface area contributed by atoms with E-state index in [0.29, 0.717) is 0 Å². The molecule has 2 unspecified atom stereocenters. The minimum atomic E-state index is -0.0528. The van der Waals surface area contributed by atoms with Crippen LogP contribution in [0.4, 0.5) is 28.4 Å². The van der Waals surface area contributed by atoms with Crippen molar-refractivity contribution in [1.82, 2.24) is 4.57 Å². The van der Waals surface area contributed by atoms with Gasteiger partial charge in [0, 0.05) is 50.1 Å². The second-order valence-electron chi connectivity index (χ2n) is 20.8. The van der Waals surface area contributed by atoms with Gasteiger partial charge < -0.3 is 14.4 Å². The van der Waals surface area contributed by atoms with Crippen molar-refractivity contribution in [3.63, 3.8) is 0 Å². The maximum absolute atomic E-state index is 2.87. The molecular weight excluding hydrogens is 701 g/mol. The molecule has 290 valence electrons. The van der Waals surface area contributed by atoms with E-state index >= 15 is 0 Å². The number of anilines is 5. The molecule has 0 N–H and O–H groups in total. The van der Waals surface area contributed by atoms with E-state index < -0.39 is 0 Å². The van der Waals surface area contributed by atoms with Crippen LogP contribution < -0.4 is 26.2 Å². The topological polar surface area (TPSA) is 11.4 Å². The molecule has 1 aliphatic carbocycles. The fourth-order valence-electron chi connectivity index (χ4n) is 11.7. The van der Waals surface area contributed by atoms with E-state index in [2.05, 4.69) is 193 Å². The quantitative estimate of drug-likeness (QED) is 0.166. The van der Waals surface area contributed by atoms with Crippen LogP contribution in [-0.4, -0.2) is 16.8 Å². The van der Waals surface area contributed by atoms with E-state index in [-0.39, 0.29) is 28.5 Å². The summed E-state index contributed by atoms with van der Waals surface area (Å²) in [4.78, 5) is 5.38. The Labute approximate surface area is 345 Å². The summed E-state index contributed by atoms with van der Waals surface area (Å²) in [6, 6.07) is 43.1. The van der Waals surface area contributed by atoms with Crippen molar-refractivity contribution in [2.24, 2.45) is 0 Å². The van der Waals surface area contributed by atoms with Crippen LogP contribution in [0.25, 0.3) is 27.5 Å². The van der Waals surface area contributed by atoms with Crippen LogP contribution in [-0.2, 0) is 16.2 Å². The van der Waals surface area contributed by atoms with Gasteiger partial charge in [-0.15, -0.1) is 0 Å². The molecule has 6 aromatic carbocycles. The zero-order chi connectivity index (χ0) is 40.3. The molecule has 7 aromatic rings. The van der Waals surface area contributed by atoms with Crippen LogP contribution in [0.5, 0.6) is 0 Å². The molecule has 1 saturated carbocycles. The number of hydrogen-bond acceptors (Lipinski definition) is 2. The van der Waals surface area contributed by atoms with Gasteiger partial charge in [0.25, 0.3) is 6.71 Å². The lowest BCUT2D eigenvalue weighted by Gasteiger charge is -2.52. The number of aromatic nitrogens is 1. The molecule has 0 spiro atoms. The Morgan fingerprint density at radius 1 is 0.603 bits per heavy atom. The third-order valence-corrected chi connectivity index (χ3v) is 15.1. The monoisotopic (exact) mass is 757 g/mol. The number of benzene rings is 6. The zero-order valence-corrected chi connectivity index (χ0v) is 36.1. The SMILES string of the molecule is Cc1ccc(N(c2ccc(C)cc2)c2cc3c4c(c2)-n2c5ccc(C(C)(C)C)cc5c5cc(C(C)(C)C)cc(c52)B4c2cccc4c2N3C2(C)CCCCC42C)cc1. The molecule has 4 heteroatoms. The Hall–Kier alpha value is -5.22. The van der Waals surface area contributed by atoms with Crippen molar-refractivity contribution in [3.8, 4) is 5.69 Å². The number of nitrogens with zero attached hydrogens (tertiary/aromatic N) is 3. The minimum absolute atomic E-state index is 0.00841. The van der Waals surface area contributed by atoms with Crippen molar-refractivity contribution < 1.29 is 0 Å². The lowest BCUT2D eigenvalue weighted by molar-refractivity contribution is 0.195. The van der Waals surface area contributed by atoms with Gasteiger partial charge in [0.05, 0.1) is 16.7 Å². The van der Waals surface area contributed by atoms with Crippen LogP contribution in [0, 0.1) is 13.8 Å². The average molecular weight is 758 g/mol. The maximum Gasteiger partial charge on any atom is 0.252 e. The summed E-state index contributed by atoms with van der Waals surface area (Å²) < 4.78 is 2.67. The number of para-hydroxylation sites is 1. The average Bonchev–Trinajstić information content (AvgIpc) is 3.63. The summed E-state index contributed by atoms with van der Waals surface area (Å²) in [6.07, 6.45) is 4.93. The van der Waals surface area contributed by atoms with E-state index in [1.807, 2.05) is 0 Å². The predicted octanol–water partition coefficient (Wildman–Crippen LogP) is 12.4. The molecule has 0 saturated heterocycles. The van der Waals surface area contributed by atoms with E-state index in [4.69, 9.17) is 0 Å². The second-order valence-corrected chi connectivity index (χ2v) is 20.8. The molecule has 4 heterocycles. The lowest BCUT2D eigenvalue weighted by atomic mass is 9.33. The van der Waals surface area contributed by atoms with Crippen molar-refractivity contribution in [2.75, 3.05) is 9.80 Å². The van der Waals surface area contributed by atoms with Gasteiger partial charge in [-0.3, -0.25) is 0 Å². The first kappa shape index (κ1) is 35.9. The van der Waals surface area contributed by atoms with Gasteiger partial charge in [-0.1, -0.05) is 127 Å². The number of hydrogen-bond donors (Lipinski definition) is 0. The highest BCUT2D eigenvalue weighted by Gasteiger charge is 2.61. The molecule has 1 aromatic heterocycles. The first-order valence-corrected chi connectivity index (χ1v) is 21.8. The Morgan fingerprint density at radius 2 is 1.22 bits per heavy atom. The van der Waals surface area contributed by atoms with Crippen LogP contribution in [0.2, 0.25) is 0 Å². The third-order valence-electron chi connectivity index (χ3n) is 15.1. The highest BCUT2D eigenvalue weighted by Crippen LogP contribution is 2.62. The minimum Gasteiger partial charge on any atom is -0.335 e. The van der Waals surface area contributed by atoms with Gasteiger partial charge in [0.2, 0.25) is 0 Å². The Kier molecular flexibility index (Phi) is 7.25. The van der Waals surface area contributed by atoms with E-state index in [1.54, 1.807) is 5.56 Å². The van der Waals surface area contributed by atoms with Gasteiger partial charge >= 0.3 is 0 Å². The Bertz CT molecular complexity index is 2820. The van der Waals surface area contributed by atoms with Gasteiger partial charge in [0.15, 0.2) is 0 Å². The summed E-state index contributed by atoms with van der Waals surface area (Å²) in [5, 5.41) is 2.73. The number of rotatable bonds is 3. The molecule has 2 atom stereocenters. The van der Waals surface area contributed by atoms with E-state index in [1.165, 1.54) is 120 Å². The van der Waals surface area contributed by atoms with E-state index in [9.17, 15) is 0 Å². The van der Waals surface area contributed by atoms with Crippen molar-refractivity contribution in [1.29, 1.82) is 0 Å². The van der Waals surface area contributed by atoms with Crippen LogP contribution in [0.15, 0.2) is 109 Å². The maximum atomic E-state index is 2.87.